The topological polar surface area (TPSA) is 69.6 Å². The maximum Gasteiger partial charge on any atom is 0.237 e. The van der Waals surface area contributed by atoms with Crippen molar-refractivity contribution in [3.8, 4) is 22.1 Å². The van der Waals surface area contributed by atoms with E-state index in [0.29, 0.717) is 17.5 Å². The SMILES string of the molecule is Cn1c(SCc2nc(-c3ccc(Br)cc3)no2)nnc1-c1cccs1. The molecule has 9 heteroatoms. The van der Waals surface area contributed by atoms with E-state index in [0.717, 1.165) is 25.9 Å². The number of rotatable bonds is 5. The molecule has 6 nitrogen and oxygen atoms in total. The van der Waals surface area contributed by atoms with Crippen molar-refractivity contribution < 1.29 is 4.52 Å². The van der Waals surface area contributed by atoms with Gasteiger partial charge in [-0.25, -0.2) is 0 Å². The molecule has 0 unspecified atom stereocenters. The standard InChI is InChI=1S/C16H12BrN5OS2/c1-22-15(12-3-2-8-24-12)19-20-16(22)25-9-13-18-14(21-23-13)10-4-6-11(17)7-5-10/h2-8H,9H2,1H3. The van der Waals surface area contributed by atoms with Gasteiger partial charge in [0.25, 0.3) is 0 Å². The maximum absolute atomic E-state index is 5.34. The molecule has 0 aliphatic carbocycles. The number of nitrogens with zero attached hydrogens (tertiary/aromatic N) is 5. The lowest BCUT2D eigenvalue weighted by atomic mass is 10.2. The maximum atomic E-state index is 5.34. The minimum Gasteiger partial charge on any atom is -0.338 e. The molecule has 25 heavy (non-hydrogen) atoms. The van der Waals surface area contributed by atoms with Crippen LogP contribution in [0.2, 0.25) is 0 Å². The molecule has 0 atom stereocenters. The van der Waals surface area contributed by atoms with Crippen molar-refractivity contribution in [2.24, 2.45) is 7.05 Å². The van der Waals surface area contributed by atoms with Crippen molar-refractivity contribution in [1.29, 1.82) is 0 Å². The molecule has 1 aromatic carbocycles. The highest BCUT2D eigenvalue weighted by molar-refractivity contribution is 9.10. The molecular weight excluding hydrogens is 422 g/mol. The summed E-state index contributed by atoms with van der Waals surface area (Å²) in [7, 11) is 1.96. The van der Waals surface area contributed by atoms with E-state index < -0.39 is 0 Å². The molecule has 126 valence electrons. The van der Waals surface area contributed by atoms with Crippen LogP contribution < -0.4 is 0 Å². The Morgan fingerprint density at radius 3 is 2.80 bits per heavy atom. The quantitative estimate of drug-likeness (QED) is 0.426. The summed E-state index contributed by atoms with van der Waals surface area (Å²) in [5, 5.41) is 15.4. The molecular formula is C16H12BrN5OS2. The molecule has 0 fully saturated rings. The fraction of sp³-hybridized carbons (Fsp3) is 0.125. The fourth-order valence-electron chi connectivity index (χ4n) is 2.22. The van der Waals surface area contributed by atoms with Gasteiger partial charge in [0.2, 0.25) is 11.7 Å². The number of halogens is 1. The van der Waals surface area contributed by atoms with Crippen LogP contribution in [0.1, 0.15) is 5.89 Å². The summed E-state index contributed by atoms with van der Waals surface area (Å²) in [6.45, 7) is 0. The van der Waals surface area contributed by atoms with Crippen molar-refractivity contribution in [3.05, 3.63) is 52.1 Å². The Kier molecular flexibility index (Phi) is 4.69. The number of hydrogen-bond acceptors (Lipinski definition) is 7. The molecule has 0 spiro atoms. The predicted octanol–water partition coefficient (Wildman–Crippen LogP) is 4.65. The lowest BCUT2D eigenvalue weighted by molar-refractivity contribution is 0.391. The van der Waals surface area contributed by atoms with Crippen LogP contribution >= 0.6 is 39.0 Å². The van der Waals surface area contributed by atoms with Crippen molar-refractivity contribution >= 4 is 39.0 Å². The minimum atomic E-state index is 0.542. The number of aromatic nitrogens is 5. The third-order valence-electron chi connectivity index (χ3n) is 3.47. The van der Waals surface area contributed by atoms with Gasteiger partial charge in [0.15, 0.2) is 11.0 Å². The van der Waals surface area contributed by atoms with E-state index in [2.05, 4.69) is 36.3 Å². The van der Waals surface area contributed by atoms with Gasteiger partial charge in [-0.15, -0.1) is 21.5 Å². The fourth-order valence-corrected chi connectivity index (χ4v) is 3.97. The van der Waals surface area contributed by atoms with Gasteiger partial charge >= 0.3 is 0 Å². The van der Waals surface area contributed by atoms with Gasteiger partial charge in [-0.1, -0.05) is 38.9 Å². The highest BCUT2D eigenvalue weighted by atomic mass is 79.9. The van der Waals surface area contributed by atoms with E-state index >= 15 is 0 Å². The Morgan fingerprint density at radius 1 is 1.20 bits per heavy atom. The molecule has 4 rings (SSSR count). The highest BCUT2D eigenvalue weighted by Crippen LogP contribution is 2.28. The third kappa shape index (κ3) is 3.53. The number of benzene rings is 1. The third-order valence-corrected chi connectivity index (χ3v) is 5.87. The van der Waals surface area contributed by atoms with Crippen LogP contribution in [0.5, 0.6) is 0 Å². The van der Waals surface area contributed by atoms with Crippen LogP contribution in [-0.2, 0) is 12.8 Å². The summed E-state index contributed by atoms with van der Waals surface area (Å²) < 4.78 is 8.33. The second kappa shape index (κ2) is 7.11. The first-order chi connectivity index (χ1) is 12.2. The monoisotopic (exact) mass is 433 g/mol. The van der Waals surface area contributed by atoms with E-state index in [9.17, 15) is 0 Å². The van der Waals surface area contributed by atoms with Crippen LogP contribution in [-0.4, -0.2) is 24.9 Å². The second-order valence-electron chi connectivity index (χ2n) is 5.15. The van der Waals surface area contributed by atoms with Gasteiger partial charge in [0.05, 0.1) is 10.6 Å². The van der Waals surface area contributed by atoms with Crippen molar-refractivity contribution in [2.75, 3.05) is 0 Å². The zero-order valence-corrected chi connectivity index (χ0v) is 16.3. The molecule has 3 heterocycles. The Morgan fingerprint density at radius 2 is 2.04 bits per heavy atom. The molecule has 0 radical (unpaired) electrons. The van der Waals surface area contributed by atoms with Crippen LogP contribution in [0, 0.1) is 0 Å². The Bertz CT molecular complexity index is 979. The first-order valence-corrected chi connectivity index (χ1v) is 10.0. The van der Waals surface area contributed by atoms with Gasteiger partial charge in [-0.2, -0.15) is 4.98 Å². The van der Waals surface area contributed by atoms with Crippen LogP contribution in [0.25, 0.3) is 22.1 Å². The summed E-state index contributed by atoms with van der Waals surface area (Å²) in [6, 6.07) is 11.8. The van der Waals surface area contributed by atoms with Crippen molar-refractivity contribution in [2.45, 2.75) is 10.9 Å². The van der Waals surface area contributed by atoms with E-state index in [1.54, 1.807) is 11.3 Å². The Hall–Kier alpha value is -1.97. The molecule has 0 amide bonds. The minimum absolute atomic E-state index is 0.542. The number of hydrogen-bond donors (Lipinski definition) is 0. The largest absolute Gasteiger partial charge is 0.338 e. The van der Waals surface area contributed by atoms with Gasteiger partial charge in [-0.3, -0.25) is 0 Å². The molecule has 0 saturated carbocycles. The van der Waals surface area contributed by atoms with Crippen molar-refractivity contribution in [3.63, 3.8) is 0 Å². The normalized spacial score (nSPS) is 11.1. The summed E-state index contributed by atoms with van der Waals surface area (Å²) in [5.41, 5.74) is 0.918. The zero-order valence-electron chi connectivity index (χ0n) is 13.1. The molecule has 3 aromatic heterocycles. The van der Waals surface area contributed by atoms with E-state index in [1.165, 1.54) is 11.8 Å². The lowest BCUT2D eigenvalue weighted by Crippen LogP contribution is -1.94. The molecule has 0 N–H and O–H groups in total. The summed E-state index contributed by atoms with van der Waals surface area (Å²) in [4.78, 5) is 5.54. The van der Waals surface area contributed by atoms with Crippen molar-refractivity contribution in [1.82, 2.24) is 24.9 Å². The van der Waals surface area contributed by atoms with E-state index in [1.807, 2.05) is 53.4 Å². The van der Waals surface area contributed by atoms with E-state index in [-0.39, 0.29) is 0 Å². The Balaban J connectivity index is 1.46. The van der Waals surface area contributed by atoms with Gasteiger partial charge in [0.1, 0.15) is 0 Å². The second-order valence-corrected chi connectivity index (χ2v) is 7.96. The summed E-state index contributed by atoms with van der Waals surface area (Å²) >= 11 is 6.58. The highest BCUT2D eigenvalue weighted by Gasteiger charge is 2.14. The van der Waals surface area contributed by atoms with Crippen LogP contribution in [0.3, 0.4) is 0 Å². The summed E-state index contributed by atoms with van der Waals surface area (Å²) in [6.07, 6.45) is 0. The van der Waals surface area contributed by atoms with Crippen LogP contribution in [0.15, 0.2) is 55.9 Å². The smallest absolute Gasteiger partial charge is 0.237 e. The molecule has 0 aliphatic rings. The molecule has 4 aromatic rings. The molecule has 0 aliphatic heterocycles. The van der Waals surface area contributed by atoms with E-state index in [4.69, 9.17) is 4.52 Å². The van der Waals surface area contributed by atoms with Crippen LogP contribution in [0.4, 0.5) is 0 Å². The number of thiophene rings is 1. The predicted molar refractivity (Wildman–Crippen MR) is 101 cm³/mol. The Labute approximate surface area is 160 Å². The first kappa shape index (κ1) is 16.5. The van der Waals surface area contributed by atoms with Gasteiger partial charge < -0.3 is 9.09 Å². The number of thioether (sulfide) groups is 1. The summed E-state index contributed by atoms with van der Waals surface area (Å²) in [5.74, 6) is 2.54. The average Bonchev–Trinajstić information content (AvgIpc) is 3.34. The first-order valence-electron chi connectivity index (χ1n) is 7.35. The van der Waals surface area contributed by atoms with Gasteiger partial charge in [-0.05, 0) is 35.7 Å². The lowest BCUT2D eigenvalue weighted by Gasteiger charge is -2.00. The average molecular weight is 434 g/mol. The molecule has 0 bridgehead atoms. The van der Waals surface area contributed by atoms with Gasteiger partial charge in [0, 0.05) is 17.1 Å². The zero-order chi connectivity index (χ0) is 17.2. The molecule has 0 saturated heterocycles.